The predicted molar refractivity (Wildman–Crippen MR) is 76.8 cm³/mol. The van der Waals surface area contributed by atoms with Crippen molar-refractivity contribution in [2.24, 2.45) is 0 Å². The quantitative estimate of drug-likeness (QED) is 0.870. The van der Waals surface area contributed by atoms with Crippen molar-refractivity contribution >= 4 is 5.69 Å². The summed E-state index contributed by atoms with van der Waals surface area (Å²) in [6, 6.07) is 6.58. The van der Waals surface area contributed by atoms with E-state index in [1.54, 1.807) is 7.11 Å². The van der Waals surface area contributed by atoms with E-state index >= 15 is 0 Å². The largest absolute Gasteiger partial charge is 0.497 e. The molecule has 0 radical (unpaired) electrons. The van der Waals surface area contributed by atoms with E-state index in [1.165, 1.54) is 11.3 Å². The van der Waals surface area contributed by atoms with Crippen molar-refractivity contribution in [1.29, 1.82) is 0 Å². The van der Waals surface area contributed by atoms with Crippen LogP contribution in [0.3, 0.4) is 0 Å². The van der Waals surface area contributed by atoms with Gasteiger partial charge in [-0.1, -0.05) is 20.8 Å². The van der Waals surface area contributed by atoms with E-state index in [2.05, 4.69) is 49.2 Å². The van der Waals surface area contributed by atoms with E-state index in [0.717, 1.165) is 31.9 Å². The lowest BCUT2D eigenvalue weighted by Crippen LogP contribution is -2.43. The van der Waals surface area contributed by atoms with Crippen molar-refractivity contribution < 1.29 is 4.74 Å². The van der Waals surface area contributed by atoms with Gasteiger partial charge in [0.2, 0.25) is 0 Å². The van der Waals surface area contributed by atoms with Crippen molar-refractivity contribution in [1.82, 2.24) is 5.32 Å². The summed E-state index contributed by atoms with van der Waals surface area (Å²) in [5.41, 5.74) is 2.76. The first kappa shape index (κ1) is 13.2. The number of benzene rings is 1. The highest BCUT2D eigenvalue weighted by Gasteiger charge is 2.18. The second-order valence-electron chi connectivity index (χ2n) is 5.91. The van der Waals surface area contributed by atoms with Gasteiger partial charge in [0.15, 0.2) is 0 Å². The van der Waals surface area contributed by atoms with Gasteiger partial charge in [0.05, 0.1) is 7.11 Å². The molecule has 0 aliphatic carbocycles. The van der Waals surface area contributed by atoms with Crippen LogP contribution in [0.15, 0.2) is 18.2 Å². The van der Waals surface area contributed by atoms with Crippen molar-refractivity contribution in [3.05, 3.63) is 23.8 Å². The molecule has 1 aromatic rings. The molecule has 3 nitrogen and oxygen atoms in total. The zero-order valence-electron chi connectivity index (χ0n) is 11.9. The molecule has 1 aliphatic rings. The summed E-state index contributed by atoms with van der Waals surface area (Å²) < 4.78 is 5.44. The minimum Gasteiger partial charge on any atom is -0.497 e. The van der Waals surface area contributed by atoms with Crippen LogP contribution in [0.2, 0.25) is 0 Å². The number of rotatable bonds is 2. The van der Waals surface area contributed by atoms with Crippen LogP contribution in [0.4, 0.5) is 5.69 Å². The molecule has 0 unspecified atom stereocenters. The molecule has 1 fully saturated rings. The molecule has 0 spiro atoms. The Balaban J connectivity index is 2.34. The number of nitrogens with one attached hydrogen (secondary N) is 1. The highest BCUT2D eigenvalue weighted by Crippen LogP contribution is 2.31. The van der Waals surface area contributed by atoms with Crippen LogP contribution in [0.25, 0.3) is 0 Å². The van der Waals surface area contributed by atoms with Crippen LogP contribution in [0.1, 0.15) is 26.3 Å². The van der Waals surface area contributed by atoms with Crippen LogP contribution in [-0.2, 0) is 5.41 Å². The van der Waals surface area contributed by atoms with Gasteiger partial charge in [-0.25, -0.2) is 0 Å². The molecule has 18 heavy (non-hydrogen) atoms. The topological polar surface area (TPSA) is 24.5 Å². The molecular formula is C15H24N2O. The Morgan fingerprint density at radius 1 is 1.11 bits per heavy atom. The fourth-order valence-electron chi connectivity index (χ4n) is 2.24. The van der Waals surface area contributed by atoms with Gasteiger partial charge in [0.25, 0.3) is 0 Å². The van der Waals surface area contributed by atoms with Crippen LogP contribution in [0, 0.1) is 0 Å². The maximum atomic E-state index is 5.44. The first-order valence-corrected chi connectivity index (χ1v) is 6.66. The fraction of sp³-hybridized carbons (Fsp3) is 0.600. The van der Waals surface area contributed by atoms with Crippen molar-refractivity contribution in [3.8, 4) is 5.75 Å². The lowest BCUT2D eigenvalue weighted by atomic mass is 9.86. The van der Waals surface area contributed by atoms with Crippen molar-refractivity contribution in [2.45, 2.75) is 26.2 Å². The van der Waals surface area contributed by atoms with E-state index in [4.69, 9.17) is 4.74 Å². The van der Waals surface area contributed by atoms with Gasteiger partial charge in [-0.05, 0) is 23.1 Å². The van der Waals surface area contributed by atoms with Gasteiger partial charge in [-0.15, -0.1) is 0 Å². The maximum absolute atomic E-state index is 5.44. The number of hydrogen-bond donors (Lipinski definition) is 1. The Morgan fingerprint density at radius 2 is 1.78 bits per heavy atom. The second-order valence-corrected chi connectivity index (χ2v) is 5.91. The number of methoxy groups -OCH3 is 1. The molecule has 100 valence electrons. The van der Waals surface area contributed by atoms with Gasteiger partial charge < -0.3 is 15.0 Å². The molecule has 3 heteroatoms. The van der Waals surface area contributed by atoms with Gasteiger partial charge in [0, 0.05) is 37.9 Å². The molecule has 1 saturated heterocycles. The normalized spacial score (nSPS) is 16.8. The number of anilines is 1. The Bertz CT molecular complexity index is 403. The monoisotopic (exact) mass is 248 g/mol. The average Bonchev–Trinajstić information content (AvgIpc) is 2.38. The number of hydrogen-bond acceptors (Lipinski definition) is 3. The smallest absolute Gasteiger partial charge is 0.121 e. The molecule has 1 N–H and O–H groups in total. The lowest BCUT2D eigenvalue weighted by Gasteiger charge is -2.31. The predicted octanol–water partition coefficient (Wildman–Crippen LogP) is 2.40. The highest BCUT2D eigenvalue weighted by molar-refractivity contribution is 5.55. The fourth-order valence-corrected chi connectivity index (χ4v) is 2.24. The van der Waals surface area contributed by atoms with Crippen LogP contribution in [-0.4, -0.2) is 33.3 Å². The molecule has 0 bridgehead atoms. The summed E-state index contributed by atoms with van der Waals surface area (Å²) in [6.45, 7) is 11.0. The molecular weight excluding hydrogens is 224 g/mol. The lowest BCUT2D eigenvalue weighted by molar-refractivity contribution is 0.412. The summed E-state index contributed by atoms with van der Waals surface area (Å²) >= 11 is 0. The minimum absolute atomic E-state index is 0.150. The van der Waals surface area contributed by atoms with Crippen LogP contribution < -0.4 is 15.0 Å². The summed E-state index contributed by atoms with van der Waals surface area (Å²) in [5.74, 6) is 0.955. The Morgan fingerprint density at radius 3 is 2.33 bits per heavy atom. The van der Waals surface area contributed by atoms with Crippen molar-refractivity contribution in [2.75, 3.05) is 38.2 Å². The maximum Gasteiger partial charge on any atom is 0.121 e. The summed E-state index contributed by atoms with van der Waals surface area (Å²) in [5, 5.41) is 3.39. The Kier molecular flexibility index (Phi) is 3.81. The van der Waals surface area contributed by atoms with E-state index < -0.39 is 0 Å². The number of piperazine rings is 1. The highest BCUT2D eigenvalue weighted by atomic mass is 16.5. The molecule has 0 amide bonds. The number of nitrogens with zero attached hydrogens (tertiary/aromatic N) is 1. The standard InChI is InChI=1S/C15H24N2O/c1-15(2,3)12-9-13(11-14(10-12)18-4)17-7-5-16-6-8-17/h9-11,16H,5-8H2,1-4H3. The van der Waals surface area contributed by atoms with Gasteiger partial charge in [-0.3, -0.25) is 0 Å². The van der Waals surface area contributed by atoms with E-state index in [9.17, 15) is 0 Å². The zero-order valence-corrected chi connectivity index (χ0v) is 11.9. The minimum atomic E-state index is 0.150. The second kappa shape index (κ2) is 5.19. The SMILES string of the molecule is COc1cc(N2CCNCC2)cc(C(C)(C)C)c1. The molecule has 1 heterocycles. The van der Waals surface area contributed by atoms with Gasteiger partial charge in [0.1, 0.15) is 5.75 Å². The van der Waals surface area contributed by atoms with Crippen molar-refractivity contribution in [3.63, 3.8) is 0 Å². The zero-order chi connectivity index (χ0) is 13.2. The average molecular weight is 248 g/mol. The Hall–Kier alpha value is -1.22. The van der Waals surface area contributed by atoms with Crippen LogP contribution >= 0.6 is 0 Å². The molecule has 0 aromatic heterocycles. The first-order valence-electron chi connectivity index (χ1n) is 6.66. The van der Waals surface area contributed by atoms with E-state index in [1.807, 2.05) is 0 Å². The first-order chi connectivity index (χ1) is 8.50. The van der Waals surface area contributed by atoms with Gasteiger partial charge >= 0.3 is 0 Å². The third-order valence-corrected chi connectivity index (χ3v) is 3.48. The summed E-state index contributed by atoms with van der Waals surface area (Å²) in [6.07, 6.45) is 0. The van der Waals surface area contributed by atoms with E-state index in [0.29, 0.717) is 0 Å². The van der Waals surface area contributed by atoms with Gasteiger partial charge in [-0.2, -0.15) is 0 Å². The molecule has 0 saturated carbocycles. The van der Waals surface area contributed by atoms with E-state index in [-0.39, 0.29) is 5.41 Å². The summed E-state index contributed by atoms with van der Waals surface area (Å²) in [4.78, 5) is 2.42. The molecule has 1 aliphatic heterocycles. The Labute approximate surface area is 110 Å². The summed E-state index contributed by atoms with van der Waals surface area (Å²) in [7, 11) is 1.74. The molecule has 2 rings (SSSR count). The third kappa shape index (κ3) is 2.96. The molecule has 1 aromatic carbocycles. The number of ether oxygens (including phenoxy) is 1. The van der Waals surface area contributed by atoms with Crippen LogP contribution in [0.5, 0.6) is 5.75 Å². The molecule has 0 atom stereocenters. The third-order valence-electron chi connectivity index (χ3n) is 3.48.